The van der Waals surface area contributed by atoms with E-state index in [1.54, 1.807) is 17.6 Å². The van der Waals surface area contributed by atoms with Gasteiger partial charge in [-0.2, -0.15) is 0 Å². The van der Waals surface area contributed by atoms with Gasteiger partial charge in [0.15, 0.2) is 5.16 Å². The van der Waals surface area contributed by atoms with E-state index in [4.69, 9.17) is 4.98 Å². The average molecular weight is 448 g/mol. The fourth-order valence-electron chi connectivity index (χ4n) is 3.19. The summed E-state index contributed by atoms with van der Waals surface area (Å²) in [5, 5.41) is 5.54. The number of thiophene rings is 1. The van der Waals surface area contributed by atoms with Gasteiger partial charge in [-0.25, -0.2) is 4.98 Å². The molecule has 0 saturated carbocycles. The van der Waals surface area contributed by atoms with E-state index in [0.29, 0.717) is 21.9 Å². The van der Waals surface area contributed by atoms with Gasteiger partial charge in [0, 0.05) is 23.2 Å². The Hall–Kier alpha value is -3.16. The second-order valence-electron chi connectivity index (χ2n) is 6.91. The number of anilines is 1. The van der Waals surface area contributed by atoms with Crippen LogP contribution >= 0.6 is 23.1 Å². The predicted octanol–water partition coefficient (Wildman–Crippen LogP) is 5.43. The smallest absolute Gasteiger partial charge is 0.263 e. The molecule has 1 atom stereocenters. The van der Waals surface area contributed by atoms with E-state index in [2.05, 4.69) is 11.9 Å². The first-order valence-corrected chi connectivity index (χ1v) is 11.6. The van der Waals surface area contributed by atoms with Crippen LogP contribution in [0.15, 0.2) is 88.6 Å². The fraction of sp³-hybridized carbons (Fsp3) is 0.125. The summed E-state index contributed by atoms with van der Waals surface area (Å²) in [5.41, 5.74) is 2.47. The zero-order valence-corrected chi connectivity index (χ0v) is 18.6. The number of rotatable bonds is 7. The third-order valence-electron chi connectivity index (χ3n) is 4.75. The van der Waals surface area contributed by atoms with Crippen molar-refractivity contribution in [1.82, 2.24) is 9.55 Å². The van der Waals surface area contributed by atoms with Gasteiger partial charge < -0.3 is 5.32 Å². The molecule has 0 aliphatic rings. The van der Waals surface area contributed by atoms with Crippen molar-refractivity contribution in [2.75, 3.05) is 5.32 Å². The molecular formula is C24H21N3O2S2. The Bertz CT molecular complexity index is 1280. The molecule has 1 amide bonds. The summed E-state index contributed by atoms with van der Waals surface area (Å²) in [6.45, 7) is 5.91. The van der Waals surface area contributed by atoms with Crippen LogP contribution in [0.5, 0.6) is 0 Å². The highest BCUT2D eigenvalue weighted by atomic mass is 32.2. The van der Waals surface area contributed by atoms with E-state index in [1.807, 2.05) is 66.0 Å². The molecule has 1 unspecified atom stereocenters. The second-order valence-corrected chi connectivity index (χ2v) is 9.08. The topological polar surface area (TPSA) is 64.0 Å². The third kappa shape index (κ3) is 4.47. The average Bonchev–Trinajstić information content (AvgIpc) is 3.22. The fourth-order valence-corrected chi connectivity index (χ4v) is 5.10. The highest BCUT2D eigenvalue weighted by Gasteiger charge is 2.21. The Morgan fingerprint density at radius 2 is 1.87 bits per heavy atom. The minimum Gasteiger partial charge on any atom is -0.325 e. The van der Waals surface area contributed by atoms with Crippen LogP contribution in [0.2, 0.25) is 0 Å². The number of para-hydroxylation sites is 1. The lowest BCUT2D eigenvalue weighted by Gasteiger charge is -2.15. The van der Waals surface area contributed by atoms with Crippen LogP contribution in [0, 0.1) is 0 Å². The van der Waals surface area contributed by atoms with Gasteiger partial charge in [-0.1, -0.05) is 66.4 Å². The van der Waals surface area contributed by atoms with E-state index in [0.717, 1.165) is 16.8 Å². The van der Waals surface area contributed by atoms with Gasteiger partial charge in [0.2, 0.25) is 5.91 Å². The molecule has 7 heteroatoms. The van der Waals surface area contributed by atoms with Gasteiger partial charge in [0.1, 0.15) is 4.83 Å². The molecule has 2 aromatic heterocycles. The summed E-state index contributed by atoms with van der Waals surface area (Å²) in [6.07, 6.45) is 1.67. The minimum absolute atomic E-state index is 0.122. The Morgan fingerprint density at radius 3 is 2.55 bits per heavy atom. The number of fused-ring (bicyclic) bond motifs is 1. The van der Waals surface area contributed by atoms with Crippen molar-refractivity contribution in [3.05, 3.63) is 89.1 Å². The zero-order chi connectivity index (χ0) is 21.8. The van der Waals surface area contributed by atoms with Gasteiger partial charge in [-0.3, -0.25) is 14.2 Å². The van der Waals surface area contributed by atoms with E-state index in [9.17, 15) is 9.59 Å². The maximum atomic E-state index is 13.4. The highest BCUT2D eigenvalue weighted by Crippen LogP contribution is 2.33. The highest BCUT2D eigenvalue weighted by molar-refractivity contribution is 8.00. The summed E-state index contributed by atoms with van der Waals surface area (Å²) in [7, 11) is 0. The van der Waals surface area contributed by atoms with Crippen molar-refractivity contribution >= 4 is 44.9 Å². The Kier molecular flexibility index (Phi) is 6.34. The Balaban J connectivity index is 1.69. The number of amides is 1. The number of nitrogens with one attached hydrogen (secondary N) is 1. The summed E-state index contributed by atoms with van der Waals surface area (Å²) in [6, 6.07) is 19.1. The van der Waals surface area contributed by atoms with Crippen molar-refractivity contribution in [1.29, 1.82) is 0 Å². The zero-order valence-electron chi connectivity index (χ0n) is 16.9. The van der Waals surface area contributed by atoms with Crippen LogP contribution in [0.1, 0.15) is 6.92 Å². The van der Waals surface area contributed by atoms with Crippen molar-refractivity contribution in [2.24, 2.45) is 0 Å². The molecule has 0 bridgehead atoms. The summed E-state index contributed by atoms with van der Waals surface area (Å²) in [5.74, 6) is -0.146. The molecule has 0 saturated heterocycles. The molecule has 5 nitrogen and oxygen atoms in total. The van der Waals surface area contributed by atoms with Gasteiger partial charge >= 0.3 is 0 Å². The largest absolute Gasteiger partial charge is 0.325 e. The molecule has 4 rings (SSSR count). The summed E-state index contributed by atoms with van der Waals surface area (Å²) in [4.78, 5) is 31.5. The van der Waals surface area contributed by atoms with Crippen LogP contribution in [-0.4, -0.2) is 20.7 Å². The summed E-state index contributed by atoms with van der Waals surface area (Å²) >= 11 is 2.71. The van der Waals surface area contributed by atoms with Gasteiger partial charge in [-0.05, 0) is 24.6 Å². The third-order valence-corrected chi connectivity index (χ3v) is 6.71. The standard InChI is InChI=1S/C24H21N3O2S2/c1-3-14-27-23(29)20-19(17-10-6-4-7-11-17)15-30-22(20)26-24(27)31-16(2)21(28)25-18-12-8-5-9-13-18/h3-13,15-16H,1,14H2,2H3,(H,25,28). The van der Waals surface area contributed by atoms with Crippen LogP contribution in [0.25, 0.3) is 21.3 Å². The first-order chi connectivity index (χ1) is 15.1. The molecule has 1 N–H and O–H groups in total. The quantitative estimate of drug-likeness (QED) is 0.233. The molecule has 0 radical (unpaired) electrons. The molecule has 2 aromatic carbocycles. The number of allylic oxidation sites excluding steroid dienone is 1. The molecular weight excluding hydrogens is 426 g/mol. The van der Waals surface area contributed by atoms with Gasteiger partial charge in [0.05, 0.1) is 10.6 Å². The Morgan fingerprint density at radius 1 is 1.19 bits per heavy atom. The van der Waals surface area contributed by atoms with Crippen molar-refractivity contribution in [2.45, 2.75) is 23.9 Å². The number of carbonyl (C=O) groups excluding carboxylic acids is 1. The first-order valence-electron chi connectivity index (χ1n) is 9.79. The number of hydrogen-bond donors (Lipinski definition) is 1. The van der Waals surface area contributed by atoms with Crippen LogP contribution in [0.4, 0.5) is 5.69 Å². The van der Waals surface area contributed by atoms with Crippen LogP contribution < -0.4 is 10.9 Å². The number of benzene rings is 2. The molecule has 0 spiro atoms. The lowest BCUT2D eigenvalue weighted by molar-refractivity contribution is -0.115. The summed E-state index contributed by atoms with van der Waals surface area (Å²) < 4.78 is 1.59. The lowest BCUT2D eigenvalue weighted by Crippen LogP contribution is -2.26. The predicted molar refractivity (Wildman–Crippen MR) is 130 cm³/mol. The maximum absolute atomic E-state index is 13.4. The van der Waals surface area contributed by atoms with Crippen LogP contribution in [0.3, 0.4) is 0 Å². The molecule has 2 heterocycles. The van der Waals surface area contributed by atoms with E-state index in [1.165, 1.54) is 23.1 Å². The van der Waals surface area contributed by atoms with Gasteiger partial charge in [-0.15, -0.1) is 17.9 Å². The number of hydrogen-bond acceptors (Lipinski definition) is 5. The van der Waals surface area contributed by atoms with Crippen molar-refractivity contribution in [3.8, 4) is 11.1 Å². The molecule has 0 aliphatic heterocycles. The normalized spacial score (nSPS) is 11.9. The van der Waals surface area contributed by atoms with E-state index >= 15 is 0 Å². The van der Waals surface area contributed by atoms with Crippen molar-refractivity contribution in [3.63, 3.8) is 0 Å². The van der Waals surface area contributed by atoms with Crippen molar-refractivity contribution < 1.29 is 4.79 Å². The molecule has 4 aromatic rings. The molecule has 0 fully saturated rings. The van der Waals surface area contributed by atoms with E-state index < -0.39 is 5.25 Å². The monoisotopic (exact) mass is 447 g/mol. The lowest BCUT2D eigenvalue weighted by atomic mass is 10.1. The number of thioether (sulfide) groups is 1. The van der Waals surface area contributed by atoms with Crippen LogP contribution in [-0.2, 0) is 11.3 Å². The maximum Gasteiger partial charge on any atom is 0.263 e. The van der Waals surface area contributed by atoms with E-state index in [-0.39, 0.29) is 11.5 Å². The van der Waals surface area contributed by atoms with Gasteiger partial charge in [0.25, 0.3) is 5.56 Å². The second kappa shape index (κ2) is 9.32. The Labute approximate surface area is 188 Å². The minimum atomic E-state index is -0.436. The number of carbonyl (C=O) groups is 1. The molecule has 31 heavy (non-hydrogen) atoms. The number of nitrogens with zero attached hydrogens (tertiary/aromatic N) is 2. The number of aromatic nitrogens is 2. The first kappa shape index (κ1) is 21.1. The molecule has 0 aliphatic carbocycles. The SMILES string of the molecule is C=CCn1c(SC(C)C(=O)Nc2ccccc2)nc2scc(-c3ccccc3)c2c1=O. The molecule has 156 valence electrons.